The Kier molecular flexibility index (Phi) is 4.54. The summed E-state index contributed by atoms with van der Waals surface area (Å²) in [7, 11) is 0. The average molecular weight is 285 g/mol. The van der Waals surface area contributed by atoms with Gasteiger partial charge in [0.05, 0.1) is 24.2 Å². The molecule has 1 aromatic carbocycles. The summed E-state index contributed by atoms with van der Waals surface area (Å²) < 4.78 is 19.3. The molecule has 21 heavy (non-hydrogen) atoms. The summed E-state index contributed by atoms with van der Waals surface area (Å²) in [4.78, 5) is 12.2. The quantitative estimate of drug-likeness (QED) is 0.797. The Labute approximate surface area is 123 Å². The van der Waals surface area contributed by atoms with Gasteiger partial charge in [-0.25, -0.2) is 4.39 Å². The van der Waals surface area contributed by atoms with E-state index in [1.165, 1.54) is 6.08 Å². The molecule has 0 saturated heterocycles. The number of nitriles is 1. The number of ether oxygens (including phenoxy) is 1. The molecule has 1 aliphatic rings. The van der Waals surface area contributed by atoms with E-state index in [9.17, 15) is 9.18 Å². The molecule has 0 N–H and O–H groups in total. The van der Waals surface area contributed by atoms with Crippen molar-refractivity contribution in [2.45, 2.75) is 13.8 Å². The van der Waals surface area contributed by atoms with Crippen LogP contribution < -0.4 is 0 Å². The Morgan fingerprint density at radius 1 is 1.38 bits per heavy atom. The molecule has 0 radical (unpaired) electrons. The number of benzene rings is 1. The fraction of sp³-hybridized carbons (Fsp3) is 0.294. The fourth-order valence-electron chi connectivity index (χ4n) is 2.45. The highest BCUT2D eigenvalue weighted by molar-refractivity contribution is 5.91. The number of carbonyl (C=O) groups excluding carboxylic acids is 1. The molecular weight excluding hydrogens is 269 g/mol. The van der Waals surface area contributed by atoms with Crippen LogP contribution in [0, 0.1) is 23.2 Å². The Bertz CT molecular complexity index is 638. The van der Waals surface area contributed by atoms with Crippen molar-refractivity contribution in [3.05, 3.63) is 53.4 Å². The van der Waals surface area contributed by atoms with Gasteiger partial charge in [0.25, 0.3) is 0 Å². The van der Waals surface area contributed by atoms with Crippen LogP contribution in [0.2, 0.25) is 0 Å². The first-order valence-corrected chi connectivity index (χ1v) is 6.83. The minimum absolute atomic E-state index is 0.144. The molecule has 2 atom stereocenters. The van der Waals surface area contributed by atoms with E-state index in [1.54, 1.807) is 37.3 Å². The SMILES string of the molecule is CCOC(=O)C1C(c2ccc(C#N)cc2)=C(F)C=CC1C. The van der Waals surface area contributed by atoms with Crippen LogP contribution in [0.5, 0.6) is 0 Å². The zero-order chi connectivity index (χ0) is 15.4. The molecule has 0 heterocycles. The van der Waals surface area contributed by atoms with E-state index in [0.29, 0.717) is 16.7 Å². The van der Waals surface area contributed by atoms with E-state index < -0.39 is 17.7 Å². The van der Waals surface area contributed by atoms with Crippen LogP contribution in [0.3, 0.4) is 0 Å². The minimum atomic E-state index is -0.664. The van der Waals surface area contributed by atoms with Crippen LogP contribution in [0.25, 0.3) is 5.57 Å². The van der Waals surface area contributed by atoms with Gasteiger partial charge in [0.1, 0.15) is 5.83 Å². The molecule has 4 heteroatoms. The molecule has 0 aromatic heterocycles. The van der Waals surface area contributed by atoms with Crippen LogP contribution in [-0.2, 0) is 9.53 Å². The Hall–Kier alpha value is -2.41. The summed E-state index contributed by atoms with van der Waals surface area (Å²) in [5.41, 5.74) is 1.42. The number of carbonyl (C=O) groups is 1. The van der Waals surface area contributed by atoms with Crippen molar-refractivity contribution in [2.75, 3.05) is 6.61 Å². The third-order valence-corrected chi connectivity index (χ3v) is 3.51. The van der Waals surface area contributed by atoms with Gasteiger partial charge in [-0.05, 0) is 36.6 Å². The maximum atomic E-state index is 14.3. The molecule has 2 unspecified atom stereocenters. The van der Waals surface area contributed by atoms with Gasteiger partial charge in [-0.2, -0.15) is 5.26 Å². The van der Waals surface area contributed by atoms with Gasteiger partial charge in [-0.1, -0.05) is 25.1 Å². The van der Waals surface area contributed by atoms with Crippen LogP contribution in [0.4, 0.5) is 4.39 Å². The third-order valence-electron chi connectivity index (χ3n) is 3.51. The van der Waals surface area contributed by atoms with Gasteiger partial charge < -0.3 is 4.74 Å². The minimum Gasteiger partial charge on any atom is -0.466 e. The number of nitrogens with zero attached hydrogens (tertiary/aromatic N) is 1. The lowest BCUT2D eigenvalue weighted by Gasteiger charge is -2.26. The summed E-state index contributed by atoms with van der Waals surface area (Å²) in [5, 5.41) is 8.82. The maximum absolute atomic E-state index is 14.3. The molecule has 0 amide bonds. The van der Waals surface area contributed by atoms with E-state index >= 15 is 0 Å². The molecular formula is C17H16FNO2. The van der Waals surface area contributed by atoms with E-state index in [1.807, 2.05) is 13.0 Å². The zero-order valence-electron chi connectivity index (χ0n) is 12.0. The van der Waals surface area contributed by atoms with Crippen LogP contribution >= 0.6 is 0 Å². The summed E-state index contributed by atoms with van der Waals surface area (Å²) in [6.45, 7) is 3.84. The van der Waals surface area contributed by atoms with Crippen molar-refractivity contribution in [1.82, 2.24) is 0 Å². The highest BCUT2D eigenvalue weighted by Crippen LogP contribution is 2.38. The standard InChI is InChI=1S/C17H16FNO2/c1-3-21-17(20)15-11(2)4-9-14(18)16(15)13-7-5-12(10-19)6-8-13/h4-9,11,15H,3H2,1-2H3. The number of esters is 1. The fourth-order valence-corrected chi connectivity index (χ4v) is 2.45. The lowest BCUT2D eigenvalue weighted by molar-refractivity contribution is -0.146. The number of allylic oxidation sites excluding steroid dienone is 3. The van der Waals surface area contributed by atoms with Gasteiger partial charge in [-0.15, -0.1) is 0 Å². The van der Waals surface area contributed by atoms with Crippen molar-refractivity contribution < 1.29 is 13.9 Å². The van der Waals surface area contributed by atoms with E-state index in [2.05, 4.69) is 0 Å². The largest absolute Gasteiger partial charge is 0.466 e. The summed E-state index contributed by atoms with van der Waals surface area (Å²) in [6, 6.07) is 8.56. The van der Waals surface area contributed by atoms with Crippen LogP contribution in [0.15, 0.2) is 42.2 Å². The first-order chi connectivity index (χ1) is 10.1. The molecule has 108 valence electrons. The highest BCUT2D eigenvalue weighted by Gasteiger charge is 2.34. The van der Waals surface area contributed by atoms with Crippen molar-refractivity contribution in [3.63, 3.8) is 0 Å². The van der Waals surface area contributed by atoms with Crippen molar-refractivity contribution in [3.8, 4) is 6.07 Å². The first kappa shape index (κ1) is 15.0. The third kappa shape index (κ3) is 3.03. The van der Waals surface area contributed by atoms with Gasteiger partial charge >= 0.3 is 5.97 Å². The molecule has 1 aromatic rings. The maximum Gasteiger partial charge on any atom is 0.314 e. The van der Waals surface area contributed by atoms with Crippen molar-refractivity contribution in [2.24, 2.45) is 11.8 Å². The summed E-state index contributed by atoms with van der Waals surface area (Å²) in [5.74, 6) is -1.67. The highest BCUT2D eigenvalue weighted by atomic mass is 19.1. The Balaban J connectivity index is 2.46. The number of hydrogen-bond donors (Lipinski definition) is 0. The molecule has 0 fully saturated rings. The lowest BCUT2D eigenvalue weighted by atomic mass is 9.79. The lowest BCUT2D eigenvalue weighted by Crippen LogP contribution is -2.27. The van der Waals surface area contributed by atoms with Crippen LogP contribution in [0.1, 0.15) is 25.0 Å². The summed E-state index contributed by atoms with van der Waals surface area (Å²) >= 11 is 0. The molecule has 0 spiro atoms. The predicted molar refractivity (Wildman–Crippen MR) is 77.6 cm³/mol. The molecule has 0 bridgehead atoms. The number of halogens is 1. The Morgan fingerprint density at radius 3 is 2.62 bits per heavy atom. The second-order valence-corrected chi connectivity index (χ2v) is 4.90. The van der Waals surface area contributed by atoms with Gasteiger partial charge in [-0.3, -0.25) is 4.79 Å². The second kappa shape index (κ2) is 6.36. The zero-order valence-corrected chi connectivity index (χ0v) is 12.0. The number of rotatable bonds is 3. The average Bonchev–Trinajstić information content (AvgIpc) is 2.49. The smallest absolute Gasteiger partial charge is 0.314 e. The van der Waals surface area contributed by atoms with Gasteiger partial charge in [0.2, 0.25) is 0 Å². The molecule has 3 nitrogen and oxygen atoms in total. The molecule has 1 aliphatic carbocycles. The Morgan fingerprint density at radius 2 is 2.05 bits per heavy atom. The van der Waals surface area contributed by atoms with Gasteiger partial charge in [0.15, 0.2) is 0 Å². The monoisotopic (exact) mass is 285 g/mol. The molecule has 0 aliphatic heterocycles. The van der Waals surface area contributed by atoms with Gasteiger partial charge in [0, 0.05) is 5.57 Å². The predicted octanol–water partition coefficient (Wildman–Crippen LogP) is 3.62. The normalized spacial score (nSPS) is 21.0. The topological polar surface area (TPSA) is 50.1 Å². The van der Waals surface area contributed by atoms with Crippen molar-refractivity contribution >= 4 is 11.5 Å². The van der Waals surface area contributed by atoms with E-state index in [-0.39, 0.29) is 12.5 Å². The molecule has 2 rings (SSSR count). The van der Waals surface area contributed by atoms with Crippen molar-refractivity contribution in [1.29, 1.82) is 5.26 Å². The first-order valence-electron chi connectivity index (χ1n) is 6.83. The second-order valence-electron chi connectivity index (χ2n) is 4.90. The summed E-state index contributed by atoms with van der Waals surface area (Å²) in [6.07, 6.45) is 3.05. The number of hydrogen-bond acceptors (Lipinski definition) is 3. The molecule has 0 saturated carbocycles. The van der Waals surface area contributed by atoms with Crippen LogP contribution in [-0.4, -0.2) is 12.6 Å². The van der Waals surface area contributed by atoms with E-state index in [0.717, 1.165) is 0 Å². The van der Waals surface area contributed by atoms with E-state index in [4.69, 9.17) is 10.00 Å².